The highest BCUT2D eigenvalue weighted by molar-refractivity contribution is 7.99. The highest BCUT2D eigenvalue weighted by Crippen LogP contribution is 2.19. The van der Waals surface area contributed by atoms with Crippen LogP contribution in [-0.2, 0) is 11.3 Å². The molecule has 146 valence electrons. The highest BCUT2D eigenvalue weighted by atomic mass is 32.2. The average molecular weight is 396 g/mol. The fourth-order valence-corrected chi connectivity index (χ4v) is 3.84. The molecule has 6 heteroatoms. The molecule has 0 aliphatic heterocycles. The van der Waals surface area contributed by atoms with Crippen molar-refractivity contribution in [3.63, 3.8) is 0 Å². The van der Waals surface area contributed by atoms with Gasteiger partial charge in [-0.2, -0.15) is 0 Å². The van der Waals surface area contributed by atoms with E-state index in [1.807, 2.05) is 55.5 Å². The minimum absolute atomic E-state index is 0.0557. The van der Waals surface area contributed by atoms with E-state index in [1.54, 1.807) is 10.6 Å². The van der Waals surface area contributed by atoms with Crippen molar-refractivity contribution in [3.8, 4) is 0 Å². The number of fused-ring (bicyclic) bond motifs is 1. The molecule has 0 bridgehead atoms. The molecule has 0 aliphatic carbocycles. The second-order valence-electron chi connectivity index (χ2n) is 7.21. The van der Waals surface area contributed by atoms with Gasteiger partial charge in [-0.3, -0.25) is 14.2 Å². The number of amides is 1. The van der Waals surface area contributed by atoms with Gasteiger partial charge in [0.25, 0.3) is 5.56 Å². The van der Waals surface area contributed by atoms with Gasteiger partial charge in [-0.05, 0) is 30.5 Å². The van der Waals surface area contributed by atoms with E-state index >= 15 is 0 Å². The second kappa shape index (κ2) is 9.06. The van der Waals surface area contributed by atoms with Crippen LogP contribution in [0.1, 0.15) is 32.4 Å². The largest absolute Gasteiger partial charge is 0.349 e. The lowest BCUT2D eigenvalue weighted by molar-refractivity contribution is -0.119. The first kappa shape index (κ1) is 20.1. The maximum absolute atomic E-state index is 12.9. The van der Waals surface area contributed by atoms with Gasteiger partial charge in [0.05, 0.1) is 22.7 Å². The topological polar surface area (TPSA) is 64.0 Å². The zero-order chi connectivity index (χ0) is 20.1. The molecule has 0 aliphatic rings. The Balaban J connectivity index is 1.77. The number of hydrogen-bond acceptors (Lipinski definition) is 4. The number of carbonyl (C=O) groups excluding carboxylic acids is 1. The van der Waals surface area contributed by atoms with Crippen LogP contribution in [0, 0.1) is 5.92 Å². The van der Waals surface area contributed by atoms with Gasteiger partial charge in [0, 0.05) is 6.54 Å². The minimum atomic E-state index is -0.0835. The molecule has 3 aromatic rings. The standard InChI is InChI=1S/C22H25N3O2S/c1-15(2)13-25-21(27)18-11-7-8-12-19(18)24-22(25)28-14-20(26)23-16(3)17-9-5-4-6-10-17/h4-12,15-16H,13-14H2,1-3H3,(H,23,26)/t16-/m0/s1. The Morgan fingerprint density at radius 3 is 2.46 bits per heavy atom. The van der Waals surface area contributed by atoms with Crippen molar-refractivity contribution in [2.24, 2.45) is 5.92 Å². The van der Waals surface area contributed by atoms with E-state index in [-0.39, 0.29) is 23.3 Å². The monoisotopic (exact) mass is 395 g/mol. The molecule has 0 radical (unpaired) electrons. The van der Waals surface area contributed by atoms with Crippen LogP contribution in [0.15, 0.2) is 64.5 Å². The Morgan fingerprint density at radius 2 is 1.75 bits per heavy atom. The Kier molecular flexibility index (Phi) is 6.52. The van der Waals surface area contributed by atoms with Gasteiger partial charge in [-0.25, -0.2) is 4.98 Å². The third kappa shape index (κ3) is 4.81. The van der Waals surface area contributed by atoms with Crippen molar-refractivity contribution in [1.82, 2.24) is 14.9 Å². The number of rotatable bonds is 7. The SMILES string of the molecule is CC(C)Cn1c(SCC(=O)N[C@@H](C)c2ccccc2)nc2ccccc2c1=O. The molecule has 1 N–H and O–H groups in total. The van der Waals surface area contributed by atoms with Gasteiger partial charge in [0.15, 0.2) is 5.16 Å². The Morgan fingerprint density at radius 1 is 1.07 bits per heavy atom. The van der Waals surface area contributed by atoms with Crippen molar-refractivity contribution < 1.29 is 4.79 Å². The van der Waals surface area contributed by atoms with E-state index in [0.717, 1.165) is 5.56 Å². The number of aromatic nitrogens is 2. The Labute approximate surface area is 169 Å². The van der Waals surface area contributed by atoms with Gasteiger partial charge in [0.1, 0.15) is 0 Å². The minimum Gasteiger partial charge on any atom is -0.349 e. The molecule has 0 saturated carbocycles. The summed E-state index contributed by atoms with van der Waals surface area (Å²) in [5.74, 6) is 0.423. The Hall–Kier alpha value is -2.60. The van der Waals surface area contributed by atoms with E-state index in [0.29, 0.717) is 28.5 Å². The van der Waals surface area contributed by atoms with Crippen molar-refractivity contribution in [2.45, 2.75) is 38.5 Å². The summed E-state index contributed by atoms with van der Waals surface area (Å²) in [5.41, 5.74) is 1.66. The first-order valence-corrected chi connectivity index (χ1v) is 10.4. The zero-order valence-corrected chi connectivity index (χ0v) is 17.2. The summed E-state index contributed by atoms with van der Waals surface area (Å²) in [6.07, 6.45) is 0. The number of benzene rings is 2. The van der Waals surface area contributed by atoms with Gasteiger partial charge >= 0.3 is 0 Å². The Bertz CT molecular complexity index is 1020. The predicted octanol–water partition coefficient (Wildman–Crippen LogP) is 4.02. The molecule has 1 atom stereocenters. The molecule has 0 spiro atoms. The summed E-state index contributed by atoms with van der Waals surface area (Å²) in [6, 6.07) is 17.1. The third-order valence-corrected chi connectivity index (χ3v) is 5.36. The van der Waals surface area contributed by atoms with Gasteiger partial charge in [-0.1, -0.05) is 68.1 Å². The molecule has 0 unspecified atom stereocenters. The smallest absolute Gasteiger partial charge is 0.262 e. The van der Waals surface area contributed by atoms with Gasteiger partial charge in [-0.15, -0.1) is 0 Å². The van der Waals surface area contributed by atoms with Crippen molar-refractivity contribution in [1.29, 1.82) is 0 Å². The molecule has 0 saturated heterocycles. The van der Waals surface area contributed by atoms with E-state index < -0.39 is 0 Å². The quantitative estimate of drug-likeness (QED) is 0.485. The summed E-state index contributed by atoms with van der Waals surface area (Å²) in [5, 5.41) is 4.19. The van der Waals surface area contributed by atoms with Crippen LogP contribution in [0.4, 0.5) is 0 Å². The van der Waals surface area contributed by atoms with Crippen molar-refractivity contribution in [2.75, 3.05) is 5.75 Å². The molecule has 28 heavy (non-hydrogen) atoms. The summed E-state index contributed by atoms with van der Waals surface area (Å²) in [7, 11) is 0. The van der Waals surface area contributed by atoms with E-state index in [2.05, 4.69) is 24.1 Å². The molecule has 1 aromatic heterocycles. The predicted molar refractivity (Wildman–Crippen MR) is 115 cm³/mol. The number of carbonyl (C=O) groups is 1. The third-order valence-electron chi connectivity index (χ3n) is 4.38. The molecule has 2 aromatic carbocycles. The van der Waals surface area contributed by atoms with Crippen LogP contribution < -0.4 is 10.9 Å². The molecule has 0 fully saturated rings. The van der Waals surface area contributed by atoms with E-state index in [1.165, 1.54) is 11.8 Å². The van der Waals surface area contributed by atoms with Crippen molar-refractivity contribution >= 4 is 28.6 Å². The molecule has 3 rings (SSSR count). The van der Waals surface area contributed by atoms with Crippen LogP contribution in [0.25, 0.3) is 10.9 Å². The lowest BCUT2D eigenvalue weighted by atomic mass is 10.1. The molecular formula is C22H25N3O2S. The van der Waals surface area contributed by atoms with Crippen LogP contribution in [0.3, 0.4) is 0 Å². The highest BCUT2D eigenvalue weighted by Gasteiger charge is 2.15. The summed E-state index contributed by atoms with van der Waals surface area (Å²) in [6.45, 7) is 6.65. The van der Waals surface area contributed by atoms with Crippen LogP contribution in [0.5, 0.6) is 0 Å². The van der Waals surface area contributed by atoms with Crippen LogP contribution in [-0.4, -0.2) is 21.2 Å². The normalized spacial score (nSPS) is 12.3. The maximum atomic E-state index is 12.9. The summed E-state index contributed by atoms with van der Waals surface area (Å²) < 4.78 is 1.69. The molecule has 1 heterocycles. The fraction of sp³-hybridized carbons (Fsp3) is 0.318. The number of nitrogens with one attached hydrogen (secondary N) is 1. The second-order valence-corrected chi connectivity index (χ2v) is 8.15. The summed E-state index contributed by atoms with van der Waals surface area (Å²) >= 11 is 1.30. The number of thioether (sulfide) groups is 1. The van der Waals surface area contributed by atoms with Gasteiger partial charge < -0.3 is 5.32 Å². The number of hydrogen-bond donors (Lipinski definition) is 1. The average Bonchev–Trinajstić information content (AvgIpc) is 2.69. The zero-order valence-electron chi connectivity index (χ0n) is 16.4. The van der Waals surface area contributed by atoms with E-state index in [9.17, 15) is 9.59 Å². The fourth-order valence-electron chi connectivity index (χ4n) is 3.02. The molecule has 1 amide bonds. The maximum Gasteiger partial charge on any atom is 0.262 e. The van der Waals surface area contributed by atoms with E-state index in [4.69, 9.17) is 0 Å². The molecular weight excluding hydrogens is 370 g/mol. The number of para-hydroxylation sites is 1. The lowest BCUT2D eigenvalue weighted by Gasteiger charge is -2.16. The first-order chi connectivity index (χ1) is 13.5. The van der Waals surface area contributed by atoms with Crippen molar-refractivity contribution in [3.05, 3.63) is 70.5 Å². The number of nitrogens with zero attached hydrogens (tertiary/aromatic N) is 2. The summed E-state index contributed by atoms with van der Waals surface area (Å²) in [4.78, 5) is 30.0. The lowest BCUT2D eigenvalue weighted by Crippen LogP contribution is -2.29. The van der Waals surface area contributed by atoms with Gasteiger partial charge in [0.2, 0.25) is 5.91 Å². The van der Waals surface area contributed by atoms with Crippen LogP contribution in [0.2, 0.25) is 0 Å². The molecule has 5 nitrogen and oxygen atoms in total. The van der Waals surface area contributed by atoms with Crippen LogP contribution >= 0.6 is 11.8 Å². The first-order valence-electron chi connectivity index (χ1n) is 9.42.